The fraction of sp³-hybridized carbons (Fsp3) is 0.545. The first-order valence-electron chi connectivity index (χ1n) is 5.44. The van der Waals surface area contributed by atoms with E-state index >= 15 is 0 Å². The number of halogens is 1. The molecule has 82 valence electrons. The largest absolute Gasteiger partial charge is 0.365 e. The first kappa shape index (κ1) is 10.9. The summed E-state index contributed by atoms with van der Waals surface area (Å²) in [6, 6.07) is 4.44. The lowest BCUT2D eigenvalue weighted by molar-refractivity contribution is 0.633. The highest BCUT2D eigenvalue weighted by atomic mass is 79.9. The molecule has 1 atom stereocenters. The van der Waals surface area contributed by atoms with Crippen LogP contribution in [0.1, 0.15) is 19.3 Å². The molecule has 1 unspecified atom stereocenters. The van der Waals surface area contributed by atoms with Crippen LogP contribution in [0.5, 0.6) is 0 Å². The van der Waals surface area contributed by atoms with Crippen molar-refractivity contribution in [1.29, 1.82) is 0 Å². The highest BCUT2D eigenvalue weighted by Gasteiger charge is 2.12. The fourth-order valence-electron chi connectivity index (χ4n) is 1.83. The maximum Gasteiger partial charge on any atom is 0.140 e. The number of rotatable bonds is 2. The molecule has 1 aromatic rings. The van der Waals surface area contributed by atoms with Crippen LogP contribution in [0.15, 0.2) is 22.8 Å². The van der Waals surface area contributed by atoms with Gasteiger partial charge < -0.3 is 10.6 Å². The lowest BCUT2D eigenvalue weighted by atomic mass is 10.1. The van der Waals surface area contributed by atoms with Crippen LogP contribution in [0.25, 0.3) is 0 Å². The fourth-order valence-corrected chi connectivity index (χ4v) is 2.20. The van der Waals surface area contributed by atoms with Crippen molar-refractivity contribution in [3.63, 3.8) is 0 Å². The molecule has 1 aliphatic heterocycles. The van der Waals surface area contributed by atoms with Crippen molar-refractivity contribution < 1.29 is 0 Å². The molecule has 2 rings (SSSR count). The summed E-state index contributed by atoms with van der Waals surface area (Å²) in [6.07, 6.45) is 5.60. The number of nitrogens with zero attached hydrogens (tertiary/aromatic N) is 1. The maximum atomic E-state index is 4.32. The van der Waals surface area contributed by atoms with Crippen molar-refractivity contribution in [2.24, 2.45) is 0 Å². The van der Waals surface area contributed by atoms with Gasteiger partial charge in [0.15, 0.2) is 0 Å². The Labute approximate surface area is 98.8 Å². The van der Waals surface area contributed by atoms with Gasteiger partial charge in [-0.1, -0.05) is 6.42 Å². The molecule has 0 aromatic carbocycles. The Morgan fingerprint density at radius 1 is 1.47 bits per heavy atom. The van der Waals surface area contributed by atoms with Crippen LogP contribution in [0.2, 0.25) is 0 Å². The minimum atomic E-state index is 0.499. The molecule has 2 heterocycles. The van der Waals surface area contributed by atoms with Crippen LogP contribution in [-0.2, 0) is 0 Å². The second kappa shape index (κ2) is 5.47. The number of hydrogen-bond acceptors (Lipinski definition) is 3. The summed E-state index contributed by atoms with van der Waals surface area (Å²) < 4.78 is 1.04. The average Bonchev–Trinajstić information content (AvgIpc) is 2.50. The van der Waals surface area contributed by atoms with Crippen molar-refractivity contribution in [3.8, 4) is 0 Å². The molecule has 15 heavy (non-hydrogen) atoms. The molecule has 0 amide bonds. The Morgan fingerprint density at radius 3 is 3.27 bits per heavy atom. The normalized spacial score (nSPS) is 22.1. The van der Waals surface area contributed by atoms with Crippen LogP contribution in [-0.4, -0.2) is 24.1 Å². The van der Waals surface area contributed by atoms with Gasteiger partial charge in [0.2, 0.25) is 0 Å². The zero-order chi connectivity index (χ0) is 10.5. The van der Waals surface area contributed by atoms with E-state index in [0.29, 0.717) is 6.04 Å². The van der Waals surface area contributed by atoms with Gasteiger partial charge in [-0.15, -0.1) is 0 Å². The van der Waals surface area contributed by atoms with Gasteiger partial charge in [-0.2, -0.15) is 0 Å². The van der Waals surface area contributed by atoms with Crippen molar-refractivity contribution in [1.82, 2.24) is 10.3 Å². The Kier molecular flexibility index (Phi) is 3.97. The zero-order valence-electron chi connectivity index (χ0n) is 8.67. The summed E-state index contributed by atoms with van der Waals surface area (Å²) in [5, 5.41) is 6.90. The van der Waals surface area contributed by atoms with E-state index in [0.717, 1.165) is 23.4 Å². The SMILES string of the molecule is Brc1cccnc1NC1CCCCNC1. The van der Waals surface area contributed by atoms with E-state index in [4.69, 9.17) is 0 Å². The van der Waals surface area contributed by atoms with Crippen LogP contribution in [0.4, 0.5) is 5.82 Å². The Balaban J connectivity index is 1.98. The molecule has 0 bridgehead atoms. The standard InChI is InChI=1S/C11H16BrN3/c12-10-5-3-7-14-11(10)15-9-4-1-2-6-13-8-9/h3,5,7,9,13H,1-2,4,6,8H2,(H,14,15). The third kappa shape index (κ3) is 3.18. The third-order valence-electron chi connectivity index (χ3n) is 2.65. The van der Waals surface area contributed by atoms with E-state index in [1.165, 1.54) is 19.3 Å². The number of aromatic nitrogens is 1. The molecule has 1 fully saturated rings. The van der Waals surface area contributed by atoms with E-state index in [-0.39, 0.29) is 0 Å². The van der Waals surface area contributed by atoms with Gasteiger partial charge >= 0.3 is 0 Å². The third-order valence-corrected chi connectivity index (χ3v) is 3.29. The molecule has 0 aliphatic carbocycles. The van der Waals surface area contributed by atoms with E-state index in [2.05, 4.69) is 31.5 Å². The highest BCUT2D eigenvalue weighted by molar-refractivity contribution is 9.10. The number of nitrogens with one attached hydrogen (secondary N) is 2. The topological polar surface area (TPSA) is 37.0 Å². The van der Waals surface area contributed by atoms with Gasteiger partial charge in [0.25, 0.3) is 0 Å². The van der Waals surface area contributed by atoms with E-state index < -0.39 is 0 Å². The molecule has 0 spiro atoms. The Morgan fingerprint density at radius 2 is 2.40 bits per heavy atom. The average molecular weight is 270 g/mol. The molecule has 1 aliphatic rings. The molecule has 1 saturated heterocycles. The molecule has 0 radical (unpaired) electrons. The van der Waals surface area contributed by atoms with Gasteiger partial charge in [0.05, 0.1) is 4.47 Å². The molecule has 3 nitrogen and oxygen atoms in total. The summed E-state index contributed by atoms with van der Waals surface area (Å²) in [4.78, 5) is 4.32. The quantitative estimate of drug-likeness (QED) is 0.866. The van der Waals surface area contributed by atoms with Gasteiger partial charge in [-0.05, 0) is 47.4 Å². The predicted molar refractivity (Wildman–Crippen MR) is 66.1 cm³/mol. The Hall–Kier alpha value is -0.610. The first-order valence-corrected chi connectivity index (χ1v) is 6.23. The minimum absolute atomic E-state index is 0.499. The summed E-state index contributed by atoms with van der Waals surface area (Å²) in [5.74, 6) is 0.950. The summed E-state index contributed by atoms with van der Waals surface area (Å²) in [5.41, 5.74) is 0. The van der Waals surface area contributed by atoms with E-state index in [9.17, 15) is 0 Å². The summed E-state index contributed by atoms with van der Waals surface area (Å²) in [7, 11) is 0. The van der Waals surface area contributed by atoms with Crippen LogP contribution >= 0.6 is 15.9 Å². The van der Waals surface area contributed by atoms with Gasteiger partial charge in [-0.25, -0.2) is 4.98 Å². The maximum absolute atomic E-state index is 4.32. The summed E-state index contributed by atoms with van der Waals surface area (Å²) >= 11 is 3.50. The molecule has 0 saturated carbocycles. The van der Waals surface area contributed by atoms with Gasteiger partial charge in [0.1, 0.15) is 5.82 Å². The lowest BCUT2D eigenvalue weighted by Crippen LogP contribution is -2.31. The number of hydrogen-bond donors (Lipinski definition) is 2. The molecular weight excluding hydrogens is 254 g/mol. The lowest BCUT2D eigenvalue weighted by Gasteiger charge is -2.17. The molecular formula is C11H16BrN3. The second-order valence-corrected chi connectivity index (χ2v) is 4.73. The second-order valence-electron chi connectivity index (χ2n) is 3.87. The van der Waals surface area contributed by atoms with Gasteiger partial charge in [0, 0.05) is 18.8 Å². The predicted octanol–water partition coefficient (Wildman–Crippen LogP) is 2.40. The van der Waals surface area contributed by atoms with Crippen molar-refractivity contribution in [3.05, 3.63) is 22.8 Å². The van der Waals surface area contributed by atoms with Crippen molar-refractivity contribution >= 4 is 21.7 Å². The van der Waals surface area contributed by atoms with E-state index in [1.54, 1.807) is 0 Å². The smallest absolute Gasteiger partial charge is 0.140 e. The monoisotopic (exact) mass is 269 g/mol. The first-order chi connectivity index (χ1) is 7.36. The Bertz CT molecular complexity index is 308. The molecule has 2 N–H and O–H groups in total. The summed E-state index contributed by atoms with van der Waals surface area (Å²) in [6.45, 7) is 2.17. The van der Waals surface area contributed by atoms with Crippen LogP contribution in [0.3, 0.4) is 0 Å². The van der Waals surface area contributed by atoms with Crippen molar-refractivity contribution in [2.45, 2.75) is 25.3 Å². The van der Waals surface area contributed by atoms with Crippen LogP contribution in [0, 0.1) is 0 Å². The highest BCUT2D eigenvalue weighted by Crippen LogP contribution is 2.20. The zero-order valence-corrected chi connectivity index (χ0v) is 10.3. The van der Waals surface area contributed by atoms with Crippen molar-refractivity contribution in [2.75, 3.05) is 18.4 Å². The van der Waals surface area contributed by atoms with Gasteiger partial charge in [-0.3, -0.25) is 0 Å². The molecule has 1 aromatic heterocycles. The minimum Gasteiger partial charge on any atom is -0.365 e. The van der Waals surface area contributed by atoms with Crippen LogP contribution < -0.4 is 10.6 Å². The van der Waals surface area contributed by atoms with E-state index in [1.807, 2.05) is 18.3 Å². The number of anilines is 1. The number of pyridine rings is 1. The molecule has 4 heteroatoms.